The van der Waals surface area contributed by atoms with Gasteiger partial charge in [0.05, 0.1) is 91.8 Å². The van der Waals surface area contributed by atoms with E-state index in [4.69, 9.17) is 48.5 Å². The first-order valence-corrected chi connectivity index (χ1v) is 22.4. The van der Waals surface area contributed by atoms with Crippen LogP contribution in [0.5, 0.6) is 46.0 Å². The van der Waals surface area contributed by atoms with E-state index in [0.29, 0.717) is 84.0 Å². The Labute approximate surface area is 470 Å². The van der Waals surface area contributed by atoms with Gasteiger partial charge in [0.15, 0.2) is 46.0 Å². The number of aliphatic hydroxyl groups excluding tert-OH is 2. The van der Waals surface area contributed by atoms with Gasteiger partial charge in [-0.25, -0.2) is 19.2 Å². The zero-order valence-electron chi connectivity index (χ0n) is 41.7. The number of halogens is 1. The summed E-state index contributed by atoms with van der Waals surface area (Å²) in [6, 6.07) is 18.7. The second-order valence-electron chi connectivity index (χ2n) is 13.4. The van der Waals surface area contributed by atoms with Crippen LogP contribution in [0.15, 0.2) is 72.8 Å². The molecule has 4 aromatic carbocycles. The first-order chi connectivity index (χ1) is 32.7. The normalized spacial score (nSPS) is 8.86. The number of unbranched alkanes of at least 4 members (excludes halogenated alkanes) is 2. The summed E-state index contributed by atoms with van der Waals surface area (Å²) >= 11 is 3.15. The van der Waals surface area contributed by atoms with Crippen molar-refractivity contribution in [2.45, 2.75) is 82.1 Å². The number of hydrogen-bond acceptors (Lipinski definition) is 18. The Morgan fingerprint density at radius 2 is 0.757 bits per heavy atom. The summed E-state index contributed by atoms with van der Waals surface area (Å²) in [5.74, 6) is 1.23. The van der Waals surface area contributed by atoms with Crippen LogP contribution in [0.1, 0.15) is 124 Å². The van der Waals surface area contributed by atoms with Gasteiger partial charge in [-0.15, -0.1) is 0 Å². The molecule has 0 unspecified atom stereocenters. The minimum atomic E-state index is -0.974. The predicted molar refractivity (Wildman–Crippen MR) is 287 cm³/mol. The van der Waals surface area contributed by atoms with Gasteiger partial charge in [0.25, 0.3) is 0 Å². The third-order valence-corrected chi connectivity index (χ3v) is 9.10. The van der Waals surface area contributed by atoms with Crippen LogP contribution < -0.4 is 62.7 Å². The molecule has 0 amide bonds. The van der Waals surface area contributed by atoms with E-state index < -0.39 is 17.9 Å². The third-order valence-electron chi connectivity index (χ3n) is 8.54. The number of carboxylic acids is 1. The first-order valence-electron chi connectivity index (χ1n) is 21.3. The van der Waals surface area contributed by atoms with Gasteiger partial charge in [-0.3, -0.25) is 0 Å². The number of alkyl halides is 1. The number of esters is 3. The number of aliphatic hydroxyl groups is 2. The van der Waals surface area contributed by atoms with Gasteiger partial charge in [-0.2, -0.15) is 0 Å². The largest absolute Gasteiger partial charge is 1.00 e. The number of rotatable bonds is 22. The molecule has 74 heavy (non-hydrogen) atoms. The van der Waals surface area contributed by atoms with Crippen molar-refractivity contribution in [3.63, 3.8) is 0 Å². The summed E-state index contributed by atoms with van der Waals surface area (Å²) in [5.41, 5.74) is 1.39. The third kappa shape index (κ3) is 32.7. The van der Waals surface area contributed by atoms with Gasteiger partial charge in [-0.1, -0.05) is 72.3 Å². The van der Waals surface area contributed by atoms with E-state index >= 15 is 0 Å². The molecule has 418 valence electrons. The molecule has 0 fully saturated rings. The molecule has 0 aromatic heterocycles. The zero-order chi connectivity index (χ0) is 51.3. The van der Waals surface area contributed by atoms with Gasteiger partial charge in [0.1, 0.15) is 0 Å². The second kappa shape index (κ2) is 51.0. The van der Waals surface area contributed by atoms with Crippen molar-refractivity contribution in [1.29, 1.82) is 0 Å². The Kier molecular flexibility index (Phi) is 56.9. The van der Waals surface area contributed by atoms with Crippen LogP contribution in [0.2, 0.25) is 0 Å². The fourth-order valence-electron chi connectivity index (χ4n) is 4.86. The van der Waals surface area contributed by atoms with Crippen molar-refractivity contribution in [2.24, 2.45) is 0 Å². The predicted octanol–water partition coefficient (Wildman–Crippen LogP) is 7.80. The summed E-state index contributed by atoms with van der Waals surface area (Å²) in [4.78, 5) is 44.4. The number of aromatic carboxylic acids is 1. The Morgan fingerprint density at radius 1 is 0.459 bits per heavy atom. The number of methoxy groups -OCH3 is 7. The van der Waals surface area contributed by atoms with Crippen molar-refractivity contribution in [1.82, 2.24) is 0 Å². The minimum absolute atomic E-state index is 0. The van der Waals surface area contributed by atoms with Gasteiger partial charge in [0.2, 0.25) is 0 Å². The molecule has 0 bridgehead atoms. The quantitative estimate of drug-likeness (QED) is 0.0192. The van der Waals surface area contributed by atoms with Crippen LogP contribution in [-0.2, 0) is 14.2 Å². The van der Waals surface area contributed by atoms with E-state index in [9.17, 15) is 24.3 Å². The van der Waals surface area contributed by atoms with E-state index in [2.05, 4.69) is 44.0 Å². The van der Waals surface area contributed by atoms with E-state index in [-0.39, 0.29) is 94.4 Å². The summed E-state index contributed by atoms with van der Waals surface area (Å²) in [5, 5.41) is 35.6. The molecule has 0 aliphatic carbocycles. The molecule has 0 aliphatic rings. The topological polar surface area (TPSA) is 271 Å². The Bertz CT molecular complexity index is 1990. The molecule has 21 heteroatoms. The number of phenols is 1. The van der Waals surface area contributed by atoms with E-state index in [1.807, 2.05) is 0 Å². The Balaban J connectivity index is -0.000000153. The van der Waals surface area contributed by atoms with Crippen LogP contribution in [-0.4, -0.2) is 138 Å². The summed E-state index contributed by atoms with van der Waals surface area (Å²) in [6.07, 6.45) is 5.48. The van der Waals surface area contributed by atoms with Crippen LogP contribution in [0.4, 0.5) is 0 Å². The molecule has 19 nitrogen and oxygen atoms in total. The number of carbonyl (C=O) groups is 4. The molecule has 4 aromatic rings. The molecule has 0 saturated heterocycles. The molecule has 5 N–H and O–H groups in total. The number of hydrogen-bond donors (Lipinski definition) is 4. The SMILES string of the molecule is C.C.C.C.CCCCOc1ccc(C(=O)O)cc1OC.CCCCOc1ccc(C(=O)OC)cc1OC.COC(=O)c1ccc(O)c(OC)c1.COC(=O)c1ccc(OCCCO)c(OC)c1.OCCCBr.[Na+].[OH-]. The number of carbonyl (C=O) groups excluding carboxylic acids is 3. The maximum Gasteiger partial charge on any atom is 1.00 e. The molecular formula is C53H84BrNaO19. The molecule has 4 rings (SSSR count). The molecular weight excluding hydrogens is 1040 g/mol. The molecule has 0 spiro atoms. The van der Waals surface area contributed by atoms with Gasteiger partial charge < -0.3 is 73.3 Å². The number of carboxylic acid groups (broad SMARTS) is 1. The van der Waals surface area contributed by atoms with Crippen LogP contribution >= 0.6 is 15.9 Å². The van der Waals surface area contributed by atoms with Gasteiger partial charge >= 0.3 is 53.4 Å². The number of benzene rings is 4. The van der Waals surface area contributed by atoms with Crippen molar-refractivity contribution in [2.75, 3.05) is 88.1 Å². The first kappa shape index (κ1) is 82.5. The van der Waals surface area contributed by atoms with Crippen molar-refractivity contribution in [3.05, 3.63) is 95.1 Å². The fraction of sp³-hybridized carbons (Fsp3) is 0.472. The van der Waals surface area contributed by atoms with E-state index in [1.54, 1.807) is 49.6 Å². The van der Waals surface area contributed by atoms with Crippen LogP contribution in [0.3, 0.4) is 0 Å². The Hall–Kier alpha value is -5.48. The standard InChI is InChI=1S/C13H18O4.C12H16O5.C12H16O4.C9H10O4.C3H7BrO.4CH4.Na.H2O/c1-4-5-8-17-11-7-6-10(13(14)16-3)9-12(11)15-2;1-15-11-8-9(12(14)16-2)4-5-10(11)17-7-3-6-13;1-3-4-7-16-10-6-5-9(12(13)14)8-11(10)15-2;1-12-8-5-6(9(11)13-2)3-4-7(8)10;4-2-1-3-5;;;;;;/h6-7,9H,4-5,8H2,1-3H3;4-5,8,13H,3,6-7H2,1-2H3;5-6,8H,3-4,7H2,1-2H3,(H,13,14);3-5,10H,1-2H3;5H,1-3H2;4*1H4;;1H2/q;;;;;;;;;+1;/p-1. The second-order valence-corrected chi connectivity index (χ2v) is 14.2. The van der Waals surface area contributed by atoms with E-state index in [0.717, 1.165) is 37.4 Å². The number of ether oxygens (including phenoxy) is 10. The van der Waals surface area contributed by atoms with E-state index in [1.165, 1.54) is 73.0 Å². The van der Waals surface area contributed by atoms with Gasteiger partial charge in [-0.05, 0) is 92.1 Å². The van der Waals surface area contributed by atoms with Crippen molar-refractivity contribution in [3.8, 4) is 46.0 Å². The van der Waals surface area contributed by atoms with Gasteiger partial charge in [0, 0.05) is 25.0 Å². The average molecular weight is 1130 g/mol. The average Bonchev–Trinajstić information content (AvgIpc) is 3.37. The smallest absolute Gasteiger partial charge is 0.870 e. The molecule has 0 atom stereocenters. The van der Waals surface area contributed by atoms with Crippen LogP contribution in [0.25, 0.3) is 0 Å². The van der Waals surface area contributed by atoms with Crippen LogP contribution in [0, 0.1) is 0 Å². The fourth-order valence-corrected chi connectivity index (χ4v) is 5.12. The maximum absolute atomic E-state index is 11.3. The number of phenolic OH excluding ortho intramolecular Hbond substituents is 1. The van der Waals surface area contributed by atoms with Crippen molar-refractivity contribution < 1.29 is 122 Å². The maximum atomic E-state index is 11.3. The molecule has 0 heterocycles. The molecule has 0 saturated carbocycles. The number of aromatic hydroxyl groups is 1. The van der Waals surface area contributed by atoms with Crippen molar-refractivity contribution >= 4 is 39.8 Å². The molecule has 0 aliphatic heterocycles. The summed E-state index contributed by atoms with van der Waals surface area (Å²) < 4.78 is 50.4. The summed E-state index contributed by atoms with van der Waals surface area (Å²) in [6.45, 7) is 6.19. The Morgan fingerprint density at radius 3 is 1.03 bits per heavy atom. The summed E-state index contributed by atoms with van der Waals surface area (Å²) in [7, 11) is 9.91. The molecule has 0 radical (unpaired) electrons. The monoisotopic (exact) mass is 1130 g/mol. The minimum Gasteiger partial charge on any atom is -0.870 e. The zero-order valence-corrected chi connectivity index (χ0v) is 45.3.